The number of carbonyl (C=O) groups is 1. The van der Waals surface area contributed by atoms with Gasteiger partial charge in [-0.25, -0.2) is 0 Å². The monoisotopic (exact) mass is 309 g/mol. The van der Waals surface area contributed by atoms with E-state index in [2.05, 4.69) is 10.2 Å². The largest absolute Gasteiger partial charge is 0.497 e. The van der Waals surface area contributed by atoms with Crippen molar-refractivity contribution in [3.63, 3.8) is 0 Å². The summed E-state index contributed by atoms with van der Waals surface area (Å²) in [7, 11) is 4.93. The lowest BCUT2D eigenvalue weighted by Gasteiger charge is -2.10. The Morgan fingerprint density at radius 2 is 2.10 bits per heavy atom. The molecule has 1 aromatic heterocycles. The minimum absolute atomic E-state index is 0.0638. The third kappa shape index (κ3) is 3.27. The first-order chi connectivity index (χ1) is 10.1. The Bertz CT molecular complexity index is 657. The second kappa shape index (κ2) is 6.49. The van der Waals surface area contributed by atoms with Crippen molar-refractivity contribution < 1.29 is 19.4 Å². The summed E-state index contributed by atoms with van der Waals surface area (Å²) in [6.07, 6.45) is 0. The van der Waals surface area contributed by atoms with E-state index < -0.39 is 5.97 Å². The predicted octanol–water partition coefficient (Wildman–Crippen LogP) is 1.68. The van der Waals surface area contributed by atoms with Crippen LogP contribution < -0.4 is 9.47 Å². The van der Waals surface area contributed by atoms with Crippen LogP contribution in [0.2, 0.25) is 0 Å². The molecule has 0 atom stereocenters. The molecule has 0 aliphatic carbocycles. The third-order valence-corrected chi connectivity index (χ3v) is 3.81. The lowest BCUT2D eigenvalue weighted by Crippen LogP contribution is -2.01. The number of methoxy groups -OCH3 is 2. The van der Waals surface area contributed by atoms with E-state index in [0.717, 1.165) is 17.3 Å². The smallest absolute Gasteiger partial charge is 0.313 e. The maximum absolute atomic E-state index is 10.6. The Morgan fingerprint density at radius 3 is 2.71 bits per heavy atom. The minimum Gasteiger partial charge on any atom is -0.497 e. The van der Waals surface area contributed by atoms with Gasteiger partial charge in [0.1, 0.15) is 11.5 Å². The normalized spacial score (nSPS) is 10.4. The minimum atomic E-state index is -0.897. The van der Waals surface area contributed by atoms with Crippen LogP contribution >= 0.6 is 11.8 Å². The van der Waals surface area contributed by atoms with Crippen molar-refractivity contribution in [3.8, 4) is 22.9 Å². The lowest BCUT2D eigenvalue weighted by molar-refractivity contribution is -0.133. The van der Waals surface area contributed by atoms with Gasteiger partial charge in [-0.2, -0.15) is 0 Å². The van der Waals surface area contributed by atoms with Crippen molar-refractivity contribution in [2.24, 2.45) is 7.05 Å². The van der Waals surface area contributed by atoms with E-state index >= 15 is 0 Å². The van der Waals surface area contributed by atoms with Crippen LogP contribution in [0.1, 0.15) is 0 Å². The maximum Gasteiger partial charge on any atom is 0.313 e. The fourth-order valence-electron chi connectivity index (χ4n) is 1.78. The first-order valence-corrected chi connectivity index (χ1v) is 7.01. The van der Waals surface area contributed by atoms with Crippen LogP contribution in [0.5, 0.6) is 11.5 Å². The number of carboxylic acids is 1. The molecule has 0 aliphatic rings. The molecule has 0 saturated carbocycles. The van der Waals surface area contributed by atoms with Crippen molar-refractivity contribution in [3.05, 3.63) is 18.2 Å². The molecule has 1 aromatic carbocycles. The summed E-state index contributed by atoms with van der Waals surface area (Å²) in [6, 6.07) is 5.39. The molecule has 2 rings (SSSR count). The van der Waals surface area contributed by atoms with Gasteiger partial charge < -0.3 is 19.1 Å². The predicted molar refractivity (Wildman–Crippen MR) is 77.9 cm³/mol. The zero-order valence-corrected chi connectivity index (χ0v) is 12.7. The van der Waals surface area contributed by atoms with E-state index in [1.54, 1.807) is 38.0 Å². The molecule has 21 heavy (non-hydrogen) atoms. The highest BCUT2D eigenvalue weighted by Gasteiger charge is 2.16. The summed E-state index contributed by atoms with van der Waals surface area (Å²) in [6.45, 7) is 0. The first kappa shape index (κ1) is 15.2. The van der Waals surface area contributed by atoms with Gasteiger partial charge in [0.25, 0.3) is 0 Å². The standard InChI is InChI=1S/C13H15N3O4S/c1-16-12(14-15-13(16)21-7-11(17)18)9-5-4-8(19-2)6-10(9)20-3/h4-6H,7H2,1-3H3,(H,17,18). The van der Waals surface area contributed by atoms with Crippen molar-refractivity contribution >= 4 is 17.7 Å². The van der Waals surface area contributed by atoms with E-state index in [-0.39, 0.29) is 5.75 Å². The van der Waals surface area contributed by atoms with Crippen molar-refractivity contribution in [2.75, 3.05) is 20.0 Å². The van der Waals surface area contributed by atoms with E-state index in [1.165, 1.54) is 0 Å². The Kier molecular flexibility index (Phi) is 4.69. The molecule has 0 amide bonds. The van der Waals surface area contributed by atoms with Gasteiger partial charge in [0.2, 0.25) is 0 Å². The van der Waals surface area contributed by atoms with Gasteiger partial charge in [-0.05, 0) is 12.1 Å². The average molecular weight is 309 g/mol. The summed E-state index contributed by atoms with van der Waals surface area (Å²) in [5, 5.41) is 17.4. The van der Waals surface area contributed by atoms with Gasteiger partial charge in [-0.1, -0.05) is 11.8 Å². The van der Waals surface area contributed by atoms with Crippen LogP contribution in [0, 0.1) is 0 Å². The highest BCUT2D eigenvalue weighted by atomic mass is 32.2. The topological polar surface area (TPSA) is 86.5 Å². The molecule has 0 bridgehead atoms. The Labute approximate surface area is 125 Å². The summed E-state index contributed by atoms with van der Waals surface area (Å²) in [4.78, 5) is 10.6. The molecule has 1 heterocycles. The fourth-order valence-corrected chi connectivity index (χ4v) is 2.42. The van der Waals surface area contributed by atoms with Crippen molar-refractivity contribution in [2.45, 2.75) is 5.16 Å². The van der Waals surface area contributed by atoms with Crippen LogP contribution in [-0.4, -0.2) is 45.8 Å². The molecule has 7 nitrogen and oxygen atoms in total. The number of carboxylic acid groups (broad SMARTS) is 1. The summed E-state index contributed by atoms with van der Waals surface area (Å²) >= 11 is 1.12. The van der Waals surface area contributed by atoms with Crippen molar-refractivity contribution in [1.82, 2.24) is 14.8 Å². The number of hydrogen-bond donors (Lipinski definition) is 1. The molecule has 0 unspecified atom stereocenters. The highest BCUT2D eigenvalue weighted by molar-refractivity contribution is 7.99. The second-order valence-corrected chi connectivity index (χ2v) is 5.06. The fraction of sp³-hybridized carbons (Fsp3) is 0.308. The molecule has 8 heteroatoms. The Morgan fingerprint density at radius 1 is 1.33 bits per heavy atom. The number of aliphatic carboxylic acids is 1. The van der Waals surface area contributed by atoms with Gasteiger partial charge in [-0.3, -0.25) is 4.79 Å². The van der Waals surface area contributed by atoms with E-state index in [9.17, 15) is 4.79 Å². The van der Waals surface area contributed by atoms with Crippen LogP contribution in [0.4, 0.5) is 0 Å². The quantitative estimate of drug-likeness (QED) is 0.812. The SMILES string of the molecule is COc1ccc(-c2nnc(SCC(=O)O)n2C)c(OC)c1. The lowest BCUT2D eigenvalue weighted by atomic mass is 10.2. The van der Waals surface area contributed by atoms with Gasteiger partial charge >= 0.3 is 5.97 Å². The summed E-state index contributed by atoms with van der Waals surface area (Å²) < 4.78 is 12.2. The molecule has 0 spiro atoms. The van der Waals surface area contributed by atoms with Gasteiger partial charge in [0.15, 0.2) is 11.0 Å². The highest BCUT2D eigenvalue weighted by Crippen LogP contribution is 2.33. The molecule has 112 valence electrons. The zero-order chi connectivity index (χ0) is 15.4. The van der Waals surface area contributed by atoms with Crippen molar-refractivity contribution in [1.29, 1.82) is 0 Å². The van der Waals surface area contributed by atoms with Crippen LogP contribution in [0.25, 0.3) is 11.4 Å². The van der Waals surface area contributed by atoms with E-state index in [1.807, 2.05) is 6.07 Å². The summed E-state index contributed by atoms with van der Waals surface area (Å²) in [5.74, 6) is 0.929. The number of rotatable bonds is 6. The maximum atomic E-state index is 10.6. The van der Waals surface area contributed by atoms with Gasteiger partial charge in [-0.15, -0.1) is 10.2 Å². The number of aromatic nitrogens is 3. The number of hydrogen-bond acceptors (Lipinski definition) is 6. The molecule has 1 N–H and O–H groups in total. The number of nitrogens with zero attached hydrogens (tertiary/aromatic N) is 3. The van der Waals surface area contributed by atoms with Gasteiger partial charge in [0.05, 0.1) is 25.5 Å². The molecular weight excluding hydrogens is 294 g/mol. The van der Waals surface area contributed by atoms with Gasteiger partial charge in [0, 0.05) is 13.1 Å². The molecule has 0 radical (unpaired) electrons. The van der Waals surface area contributed by atoms with Crippen LogP contribution in [0.15, 0.2) is 23.4 Å². The number of thioether (sulfide) groups is 1. The zero-order valence-electron chi connectivity index (χ0n) is 11.9. The first-order valence-electron chi connectivity index (χ1n) is 6.03. The van der Waals surface area contributed by atoms with Crippen LogP contribution in [-0.2, 0) is 11.8 Å². The molecule has 0 aliphatic heterocycles. The number of benzene rings is 1. The average Bonchev–Trinajstić information content (AvgIpc) is 2.85. The van der Waals surface area contributed by atoms with E-state index in [0.29, 0.717) is 22.5 Å². The molecular formula is C13H15N3O4S. The van der Waals surface area contributed by atoms with E-state index in [4.69, 9.17) is 14.6 Å². The molecule has 0 saturated heterocycles. The summed E-state index contributed by atoms with van der Waals surface area (Å²) in [5.41, 5.74) is 0.760. The molecule has 2 aromatic rings. The Balaban J connectivity index is 2.36. The van der Waals surface area contributed by atoms with Crippen LogP contribution in [0.3, 0.4) is 0 Å². The number of ether oxygens (including phenoxy) is 2. The second-order valence-electron chi connectivity index (χ2n) is 4.11. The Hall–Kier alpha value is -2.22. The molecule has 0 fully saturated rings. The third-order valence-electron chi connectivity index (χ3n) is 2.81.